The van der Waals surface area contributed by atoms with Gasteiger partial charge < -0.3 is 0 Å². The fourth-order valence-electron chi connectivity index (χ4n) is 1.70. The van der Waals surface area contributed by atoms with Gasteiger partial charge in [-0.15, -0.1) is 11.6 Å². The molecule has 5 heteroatoms. The van der Waals surface area contributed by atoms with Crippen LogP contribution in [-0.2, 0) is 6.42 Å². The first kappa shape index (κ1) is 14.9. The van der Waals surface area contributed by atoms with E-state index in [2.05, 4.69) is 0 Å². The molecule has 0 nitrogen and oxygen atoms in total. The lowest BCUT2D eigenvalue weighted by Crippen LogP contribution is -1.96. The molecule has 0 N–H and O–H groups in total. The molecule has 0 aromatic heterocycles. The van der Waals surface area contributed by atoms with Crippen LogP contribution in [0.3, 0.4) is 0 Å². The molecule has 0 fully saturated rings. The van der Waals surface area contributed by atoms with Gasteiger partial charge in [-0.25, -0.2) is 4.39 Å². The Morgan fingerprint density at radius 3 is 2.26 bits per heavy atom. The molecule has 0 aliphatic carbocycles. The molecule has 0 saturated heterocycles. The molecule has 0 saturated carbocycles. The van der Waals surface area contributed by atoms with Crippen molar-refractivity contribution < 1.29 is 4.39 Å². The van der Waals surface area contributed by atoms with Gasteiger partial charge in [-0.1, -0.05) is 46.9 Å². The second-order valence-corrected chi connectivity index (χ2v) is 5.84. The van der Waals surface area contributed by atoms with Gasteiger partial charge in [0.25, 0.3) is 0 Å². The van der Waals surface area contributed by atoms with Gasteiger partial charge in [0.2, 0.25) is 0 Å². The van der Waals surface area contributed by atoms with Crippen molar-refractivity contribution in [2.75, 3.05) is 0 Å². The number of halogens is 5. The molecule has 0 spiro atoms. The van der Waals surface area contributed by atoms with Crippen molar-refractivity contribution >= 4 is 46.4 Å². The van der Waals surface area contributed by atoms with E-state index in [0.29, 0.717) is 16.5 Å². The van der Waals surface area contributed by atoms with Crippen molar-refractivity contribution in [2.24, 2.45) is 0 Å². The lowest BCUT2D eigenvalue weighted by atomic mass is 10.0. The van der Waals surface area contributed by atoms with E-state index in [1.807, 2.05) is 6.07 Å². The highest BCUT2D eigenvalue weighted by atomic mass is 35.5. The van der Waals surface area contributed by atoms with Gasteiger partial charge >= 0.3 is 0 Å². The van der Waals surface area contributed by atoms with Crippen LogP contribution in [0.5, 0.6) is 0 Å². The van der Waals surface area contributed by atoms with Crippen molar-refractivity contribution in [3.63, 3.8) is 0 Å². The van der Waals surface area contributed by atoms with Crippen molar-refractivity contribution in [1.29, 1.82) is 0 Å². The second kappa shape index (κ2) is 6.32. The molecular formula is C14H9Cl4F. The molecule has 2 aromatic carbocycles. The van der Waals surface area contributed by atoms with Gasteiger partial charge in [0, 0.05) is 0 Å². The number of hydrogen-bond donors (Lipinski definition) is 0. The van der Waals surface area contributed by atoms with Crippen LogP contribution in [-0.4, -0.2) is 0 Å². The normalized spacial score (nSPS) is 12.5. The third-order valence-corrected chi connectivity index (χ3v) is 4.14. The Balaban J connectivity index is 2.17. The Morgan fingerprint density at radius 1 is 0.895 bits per heavy atom. The molecule has 100 valence electrons. The fraction of sp³-hybridized carbons (Fsp3) is 0.143. The average molecular weight is 338 g/mol. The first-order chi connectivity index (χ1) is 8.97. The molecule has 0 heterocycles. The van der Waals surface area contributed by atoms with Gasteiger partial charge in [0.15, 0.2) is 0 Å². The van der Waals surface area contributed by atoms with Crippen molar-refractivity contribution in [3.05, 3.63) is 68.4 Å². The molecule has 2 aromatic rings. The molecule has 1 atom stereocenters. The van der Waals surface area contributed by atoms with Gasteiger partial charge in [0.1, 0.15) is 5.82 Å². The summed E-state index contributed by atoms with van der Waals surface area (Å²) < 4.78 is 13.1. The quantitative estimate of drug-likeness (QED) is 0.576. The van der Waals surface area contributed by atoms with E-state index in [4.69, 9.17) is 46.4 Å². The topological polar surface area (TPSA) is 0 Å². The SMILES string of the molecule is Fc1ccc(C(Cl)Cc2ccc(Cl)c(Cl)c2)cc1Cl. The van der Waals surface area contributed by atoms with E-state index in [0.717, 1.165) is 11.1 Å². The maximum atomic E-state index is 13.1. The van der Waals surface area contributed by atoms with E-state index in [9.17, 15) is 4.39 Å². The number of benzene rings is 2. The smallest absolute Gasteiger partial charge is 0.141 e. The van der Waals surface area contributed by atoms with Gasteiger partial charge in [-0.05, 0) is 41.8 Å². The summed E-state index contributed by atoms with van der Waals surface area (Å²) >= 11 is 23.8. The van der Waals surface area contributed by atoms with Crippen LogP contribution in [0.4, 0.5) is 4.39 Å². The van der Waals surface area contributed by atoms with Crippen molar-refractivity contribution in [2.45, 2.75) is 11.8 Å². The van der Waals surface area contributed by atoms with Crippen LogP contribution in [0.1, 0.15) is 16.5 Å². The Morgan fingerprint density at radius 2 is 1.63 bits per heavy atom. The molecule has 0 aliphatic rings. The maximum Gasteiger partial charge on any atom is 0.141 e. The number of alkyl halides is 1. The fourth-order valence-corrected chi connectivity index (χ4v) is 2.52. The Hall–Kier alpha value is -0.470. The van der Waals surface area contributed by atoms with Gasteiger partial charge in [-0.2, -0.15) is 0 Å². The van der Waals surface area contributed by atoms with Crippen LogP contribution < -0.4 is 0 Å². The first-order valence-electron chi connectivity index (χ1n) is 5.50. The minimum atomic E-state index is -0.455. The first-order valence-corrected chi connectivity index (χ1v) is 7.07. The summed E-state index contributed by atoms with van der Waals surface area (Å²) in [6.07, 6.45) is 0.556. The zero-order valence-corrected chi connectivity index (χ0v) is 12.7. The lowest BCUT2D eigenvalue weighted by Gasteiger charge is -2.11. The molecular weight excluding hydrogens is 329 g/mol. The molecule has 0 radical (unpaired) electrons. The summed E-state index contributed by atoms with van der Waals surface area (Å²) in [4.78, 5) is 0. The molecule has 0 bridgehead atoms. The van der Waals surface area contributed by atoms with E-state index in [-0.39, 0.29) is 10.4 Å². The largest absolute Gasteiger partial charge is 0.205 e. The highest BCUT2D eigenvalue weighted by molar-refractivity contribution is 6.42. The van der Waals surface area contributed by atoms with E-state index >= 15 is 0 Å². The van der Waals surface area contributed by atoms with Gasteiger partial charge in [0.05, 0.1) is 20.4 Å². The molecule has 0 amide bonds. The third-order valence-electron chi connectivity index (χ3n) is 2.70. The van der Waals surface area contributed by atoms with Gasteiger partial charge in [-0.3, -0.25) is 0 Å². The predicted octanol–water partition coefficient (Wildman–Crippen LogP) is 6.31. The molecule has 1 unspecified atom stereocenters. The minimum absolute atomic E-state index is 0.0669. The molecule has 0 aliphatic heterocycles. The highest BCUT2D eigenvalue weighted by Gasteiger charge is 2.12. The maximum absolute atomic E-state index is 13.1. The van der Waals surface area contributed by atoms with Crippen LogP contribution >= 0.6 is 46.4 Å². The Labute approximate surface area is 131 Å². The average Bonchev–Trinajstić information content (AvgIpc) is 2.37. The zero-order valence-electron chi connectivity index (χ0n) is 9.64. The summed E-state index contributed by atoms with van der Waals surface area (Å²) in [7, 11) is 0. The number of rotatable bonds is 3. The van der Waals surface area contributed by atoms with E-state index in [1.54, 1.807) is 18.2 Å². The van der Waals surface area contributed by atoms with Crippen LogP contribution in [0.15, 0.2) is 36.4 Å². The summed E-state index contributed by atoms with van der Waals surface area (Å²) in [5.41, 5.74) is 1.72. The number of hydrogen-bond acceptors (Lipinski definition) is 0. The van der Waals surface area contributed by atoms with Crippen LogP contribution in [0.2, 0.25) is 15.1 Å². The standard InChI is InChI=1S/C14H9Cl4F/c15-10-3-1-8(6-12(10)17)5-11(16)9-2-4-14(19)13(18)7-9/h1-4,6-7,11H,5H2. The van der Waals surface area contributed by atoms with Crippen molar-refractivity contribution in [3.8, 4) is 0 Å². The summed E-state index contributed by atoms with van der Waals surface area (Å²) in [5.74, 6) is -0.455. The predicted molar refractivity (Wildman–Crippen MR) is 80.2 cm³/mol. The Bertz CT molecular complexity index is 598. The monoisotopic (exact) mass is 336 g/mol. The summed E-state index contributed by atoms with van der Waals surface area (Å²) in [6.45, 7) is 0. The highest BCUT2D eigenvalue weighted by Crippen LogP contribution is 2.30. The van der Waals surface area contributed by atoms with Crippen LogP contribution in [0.25, 0.3) is 0 Å². The minimum Gasteiger partial charge on any atom is -0.205 e. The third kappa shape index (κ3) is 3.76. The zero-order chi connectivity index (χ0) is 14.0. The second-order valence-electron chi connectivity index (χ2n) is 4.09. The molecule has 19 heavy (non-hydrogen) atoms. The Kier molecular flexibility index (Phi) is 4.97. The van der Waals surface area contributed by atoms with E-state index in [1.165, 1.54) is 12.1 Å². The lowest BCUT2D eigenvalue weighted by molar-refractivity contribution is 0.627. The van der Waals surface area contributed by atoms with Crippen molar-refractivity contribution in [1.82, 2.24) is 0 Å². The molecule has 2 rings (SSSR count). The van der Waals surface area contributed by atoms with Crippen LogP contribution in [0, 0.1) is 5.82 Å². The summed E-state index contributed by atoms with van der Waals surface area (Å²) in [6, 6.07) is 9.81. The van der Waals surface area contributed by atoms with E-state index < -0.39 is 5.82 Å². The summed E-state index contributed by atoms with van der Waals surface area (Å²) in [5, 5.41) is 0.745.